The van der Waals surface area contributed by atoms with Gasteiger partial charge in [-0.25, -0.2) is 0 Å². The van der Waals surface area contributed by atoms with Gasteiger partial charge in [-0.2, -0.15) is 0 Å². The Morgan fingerprint density at radius 1 is 1.80 bits per heavy atom. The standard InChI is InChI=1S/C3H4N.Sn/c1-2-3-4;/h1-2H2;. The summed E-state index contributed by atoms with van der Waals surface area (Å²) < 4.78 is 1.07. The van der Waals surface area contributed by atoms with Crippen molar-refractivity contribution in [3.8, 4) is 6.07 Å². The number of rotatable bonds is 1. The number of nitriles is 1. The molecule has 0 amide bonds. The van der Waals surface area contributed by atoms with E-state index in [0.29, 0.717) is 0 Å². The van der Waals surface area contributed by atoms with Crippen LogP contribution in [0.4, 0.5) is 0 Å². The minimum absolute atomic E-state index is 0.734. The van der Waals surface area contributed by atoms with Crippen molar-refractivity contribution in [3.63, 3.8) is 0 Å². The van der Waals surface area contributed by atoms with E-state index < -0.39 is 0 Å². The van der Waals surface area contributed by atoms with Gasteiger partial charge in [-0.05, 0) is 0 Å². The molecule has 0 aromatic heterocycles. The van der Waals surface area contributed by atoms with Crippen molar-refractivity contribution in [2.75, 3.05) is 0 Å². The Bertz CT molecular complexity index is 45.3. The molecule has 5 heavy (non-hydrogen) atoms. The van der Waals surface area contributed by atoms with Gasteiger partial charge < -0.3 is 0 Å². The molecule has 0 aromatic carbocycles. The monoisotopic (exact) mass is 174 g/mol. The fraction of sp³-hybridized carbons (Fsp3) is 0.667. The fourth-order valence-electron chi connectivity index (χ4n) is 0.0559. The maximum absolute atomic E-state index is 7.83. The summed E-state index contributed by atoms with van der Waals surface area (Å²) in [5.41, 5.74) is 0. The van der Waals surface area contributed by atoms with E-state index in [9.17, 15) is 0 Å². The first-order valence-corrected chi connectivity index (χ1v) is 3.45. The van der Waals surface area contributed by atoms with Crippen LogP contribution >= 0.6 is 0 Å². The van der Waals surface area contributed by atoms with E-state index in [4.69, 9.17) is 5.26 Å². The first kappa shape index (κ1) is 5.29. The molecule has 0 aliphatic rings. The molecule has 0 fully saturated rings. The second-order valence-electron chi connectivity index (χ2n) is 0.658. The Hall–Kier alpha value is 0.289. The molecule has 0 bridgehead atoms. The normalized spacial score (nSPS) is 6.40. The SMILES string of the molecule is N#CC[CH2][Sn]. The quantitative estimate of drug-likeness (QED) is 0.529. The van der Waals surface area contributed by atoms with Crippen LogP contribution in [-0.4, -0.2) is 22.5 Å². The van der Waals surface area contributed by atoms with Gasteiger partial charge in [0.2, 0.25) is 0 Å². The van der Waals surface area contributed by atoms with Crippen LogP contribution in [0.3, 0.4) is 0 Å². The zero-order valence-corrected chi connectivity index (χ0v) is 5.72. The number of hydrogen-bond donors (Lipinski definition) is 0. The van der Waals surface area contributed by atoms with Crippen molar-refractivity contribution in [3.05, 3.63) is 0 Å². The predicted octanol–water partition coefficient (Wildman–Crippen LogP) is 0.487. The van der Waals surface area contributed by atoms with Crippen LogP contribution in [0.15, 0.2) is 0 Å². The maximum atomic E-state index is 7.83. The molecule has 25 valence electrons. The molecule has 3 radical (unpaired) electrons. The Balaban J connectivity index is 2.48. The Labute approximate surface area is 45.1 Å². The first-order valence-electron chi connectivity index (χ1n) is 1.43. The van der Waals surface area contributed by atoms with Crippen LogP contribution in [-0.2, 0) is 0 Å². The third-order valence-electron chi connectivity index (χ3n) is 0.237. The molecule has 0 saturated heterocycles. The summed E-state index contributed by atoms with van der Waals surface area (Å²) in [6.07, 6.45) is 0.734. The van der Waals surface area contributed by atoms with E-state index in [2.05, 4.69) is 0 Å². The number of hydrogen-bond acceptors (Lipinski definition) is 1. The Kier molecular flexibility index (Phi) is 4.54. The molecule has 2 heteroatoms. The van der Waals surface area contributed by atoms with Crippen molar-refractivity contribution in [1.82, 2.24) is 0 Å². The second-order valence-corrected chi connectivity index (χ2v) is 2.09. The molecule has 0 aromatic rings. The third-order valence-corrected chi connectivity index (χ3v) is 0.950. The van der Waals surface area contributed by atoms with Crippen LogP contribution in [0.5, 0.6) is 0 Å². The molecular weight excluding hydrogens is 169 g/mol. The van der Waals surface area contributed by atoms with Gasteiger partial charge in [-0.15, -0.1) is 0 Å². The molecule has 0 heterocycles. The predicted molar refractivity (Wildman–Crippen MR) is 20.8 cm³/mol. The van der Waals surface area contributed by atoms with E-state index in [0.717, 1.165) is 10.9 Å². The Morgan fingerprint density at radius 3 is 2.40 bits per heavy atom. The molecule has 0 spiro atoms. The summed E-state index contributed by atoms with van der Waals surface area (Å²) >= 11 is 1.46. The zero-order valence-electron chi connectivity index (χ0n) is 2.86. The van der Waals surface area contributed by atoms with Gasteiger partial charge in [0.05, 0.1) is 0 Å². The van der Waals surface area contributed by atoms with Crippen molar-refractivity contribution >= 4 is 22.5 Å². The van der Waals surface area contributed by atoms with Crippen molar-refractivity contribution in [1.29, 1.82) is 5.26 Å². The topological polar surface area (TPSA) is 23.8 Å². The van der Waals surface area contributed by atoms with Gasteiger partial charge in [-0.3, -0.25) is 0 Å². The van der Waals surface area contributed by atoms with Crippen LogP contribution in [0, 0.1) is 11.3 Å². The molecule has 1 nitrogen and oxygen atoms in total. The van der Waals surface area contributed by atoms with Gasteiger partial charge in [0, 0.05) is 0 Å². The van der Waals surface area contributed by atoms with Gasteiger partial charge >= 0.3 is 44.7 Å². The van der Waals surface area contributed by atoms with E-state index >= 15 is 0 Å². The zero-order chi connectivity index (χ0) is 4.12. The van der Waals surface area contributed by atoms with Gasteiger partial charge in [-0.1, -0.05) is 0 Å². The molecule has 0 N–H and O–H groups in total. The average molecular weight is 173 g/mol. The molecule has 0 aliphatic heterocycles. The average Bonchev–Trinajstić information content (AvgIpc) is 1.41. The van der Waals surface area contributed by atoms with Gasteiger partial charge in [0.1, 0.15) is 0 Å². The summed E-state index contributed by atoms with van der Waals surface area (Å²) in [7, 11) is 0. The van der Waals surface area contributed by atoms with Gasteiger partial charge in [0.25, 0.3) is 0 Å². The first-order chi connectivity index (χ1) is 2.41. The molecule has 0 rings (SSSR count). The van der Waals surface area contributed by atoms with Gasteiger partial charge in [0.15, 0.2) is 0 Å². The molecule has 0 aliphatic carbocycles. The van der Waals surface area contributed by atoms with Crippen molar-refractivity contribution in [2.45, 2.75) is 10.9 Å². The summed E-state index contributed by atoms with van der Waals surface area (Å²) in [6.45, 7) is 0. The van der Waals surface area contributed by atoms with Crippen LogP contribution < -0.4 is 0 Å². The second kappa shape index (κ2) is 4.29. The van der Waals surface area contributed by atoms with E-state index in [1.165, 1.54) is 22.5 Å². The van der Waals surface area contributed by atoms with Crippen molar-refractivity contribution < 1.29 is 0 Å². The van der Waals surface area contributed by atoms with E-state index in [1.807, 2.05) is 6.07 Å². The summed E-state index contributed by atoms with van der Waals surface area (Å²) in [5.74, 6) is 0. The molecular formula is C3H4NSn. The molecule has 0 unspecified atom stereocenters. The van der Waals surface area contributed by atoms with Crippen LogP contribution in [0.25, 0.3) is 0 Å². The fourth-order valence-corrected chi connectivity index (χ4v) is 0.375. The van der Waals surface area contributed by atoms with E-state index in [-0.39, 0.29) is 0 Å². The van der Waals surface area contributed by atoms with Crippen molar-refractivity contribution in [2.24, 2.45) is 0 Å². The van der Waals surface area contributed by atoms with E-state index in [1.54, 1.807) is 0 Å². The van der Waals surface area contributed by atoms with Crippen LogP contribution in [0.1, 0.15) is 6.42 Å². The Morgan fingerprint density at radius 2 is 2.40 bits per heavy atom. The summed E-state index contributed by atoms with van der Waals surface area (Å²) in [5, 5.41) is 7.83. The number of nitrogens with zero attached hydrogens (tertiary/aromatic N) is 1. The molecule has 0 saturated carbocycles. The third kappa shape index (κ3) is 4.29. The minimum atomic E-state index is 0.734. The van der Waals surface area contributed by atoms with Crippen LogP contribution in [0.2, 0.25) is 4.44 Å². The summed E-state index contributed by atoms with van der Waals surface area (Å²) in [4.78, 5) is 0. The molecule has 0 atom stereocenters. The summed E-state index contributed by atoms with van der Waals surface area (Å²) in [6, 6.07) is 2.04.